The van der Waals surface area contributed by atoms with Crippen molar-refractivity contribution in [2.45, 2.75) is 20.0 Å². The molecule has 1 atom stereocenters. The summed E-state index contributed by atoms with van der Waals surface area (Å²) in [5.41, 5.74) is 3.42. The second-order valence-corrected chi connectivity index (χ2v) is 5.77. The summed E-state index contributed by atoms with van der Waals surface area (Å²) in [6, 6.07) is 8.05. The average molecular weight is 297 g/mol. The number of halogens is 1. The Morgan fingerprint density at radius 2 is 1.94 bits per heavy atom. The van der Waals surface area contributed by atoms with Crippen molar-refractivity contribution in [3.8, 4) is 0 Å². The molecule has 0 aliphatic heterocycles. The van der Waals surface area contributed by atoms with Crippen LogP contribution in [0.3, 0.4) is 0 Å². The standard InChI is InChI=1S/C13H13BrOS/c1-8-3-4-10(5-9(8)2)13(15)12-6-11(14)7-16-12/h3-7,13,15H,1-2H3. The molecule has 84 valence electrons. The van der Waals surface area contributed by atoms with Gasteiger partial charge in [0, 0.05) is 14.7 Å². The second kappa shape index (κ2) is 4.70. The first-order valence-electron chi connectivity index (χ1n) is 5.07. The van der Waals surface area contributed by atoms with Crippen molar-refractivity contribution < 1.29 is 5.11 Å². The molecule has 1 nitrogen and oxygen atoms in total. The monoisotopic (exact) mass is 296 g/mol. The van der Waals surface area contributed by atoms with E-state index in [-0.39, 0.29) is 0 Å². The summed E-state index contributed by atoms with van der Waals surface area (Å²) in [6.45, 7) is 4.14. The van der Waals surface area contributed by atoms with E-state index in [1.165, 1.54) is 11.1 Å². The maximum absolute atomic E-state index is 10.2. The molecule has 2 aromatic rings. The van der Waals surface area contributed by atoms with Gasteiger partial charge in [0.25, 0.3) is 0 Å². The van der Waals surface area contributed by atoms with E-state index in [2.05, 4.69) is 35.8 Å². The van der Waals surface area contributed by atoms with E-state index in [0.717, 1.165) is 14.9 Å². The highest BCUT2D eigenvalue weighted by atomic mass is 79.9. The number of rotatable bonds is 2. The third-order valence-electron chi connectivity index (χ3n) is 2.70. The molecule has 1 unspecified atom stereocenters. The number of benzene rings is 1. The highest BCUT2D eigenvalue weighted by molar-refractivity contribution is 9.10. The molecule has 0 saturated carbocycles. The number of hydrogen-bond acceptors (Lipinski definition) is 2. The van der Waals surface area contributed by atoms with Gasteiger partial charge in [-0.15, -0.1) is 11.3 Å². The lowest BCUT2D eigenvalue weighted by Crippen LogP contribution is -1.98. The minimum absolute atomic E-state index is 0.518. The Kier molecular flexibility index (Phi) is 3.47. The second-order valence-electron chi connectivity index (χ2n) is 3.91. The summed E-state index contributed by atoms with van der Waals surface area (Å²) < 4.78 is 1.02. The Bertz CT molecular complexity index is 504. The molecule has 16 heavy (non-hydrogen) atoms. The van der Waals surface area contributed by atoms with Crippen LogP contribution in [0.25, 0.3) is 0 Å². The van der Waals surface area contributed by atoms with Gasteiger partial charge in [0.05, 0.1) is 0 Å². The van der Waals surface area contributed by atoms with Gasteiger partial charge in [-0.3, -0.25) is 0 Å². The van der Waals surface area contributed by atoms with E-state index in [1.807, 2.05) is 23.6 Å². The molecule has 3 heteroatoms. The maximum atomic E-state index is 10.2. The molecular weight excluding hydrogens is 284 g/mol. The summed E-state index contributed by atoms with van der Waals surface area (Å²) in [7, 11) is 0. The van der Waals surface area contributed by atoms with Gasteiger partial charge in [-0.05, 0) is 52.5 Å². The van der Waals surface area contributed by atoms with E-state index in [9.17, 15) is 5.11 Å². The zero-order valence-electron chi connectivity index (χ0n) is 9.20. The third-order valence-corrected chi connectivity index (χ3v) is 4.45. The zero-order valence-corrected chi connectivity index (χ0v) is 11.6. The number of aryl methyl sites for hydroxylation is 2. The number of thiophene rings is 1. The van der Waals surface area contributed by atoms with E-state index < -0.39 is 6.10 Å². The van der Waals surface area contributed by atoms with Crippen molar-refractivity contribution in [1.29, 1.82) is 0 Å². The summed E-state index contributed by atoms with van der Waals surface area (Å²) in [4.78, 5) is 0.968. The van der Waals surface area contributed by atoms with Gasteiger partial charge in [0.1, 0.15) is 6.10 Å². The highest BCUT2D eigenvalue weighted by Crippen LogP contribution is 2.30. The van der Waals surface area contributed by atoms with Crippen LogP contribution in [0.4, 0.5) is 0 Å². The number of aliphatic hydroxyl groups excluding tert-OH is 1. The predicted molar refractivity (Wildman–Crippen MR) is 72.0 cm³/mol. The van der Waals surface area contributed by atoms with E-state index in [0.29, 0.717) is 0 Å². The molecule has 1 aromatic heterocycles. The van der Waals surface area contributed by atoms with E-state index in [4.69, 9.17) is 0 Å². The molecule has 0 spiro atoms. The van der Waals surface area contributed by atoms with Crippen LogP contribution in [-0.4, -0.2) is 5.11 Å². The first kappa shape index (κ1) is 11.8. The molecular formula is C13H13BrOS. The quantitative estimate of drug-likeness (QED) is 0.880. The van der Waals surface area contributed by atoms with Crippen LogP contribution in [0.1, 0.15) is 27.7 Å². The van der Waals surface area contributed by atoms with Gasteiger partial charge in [0.2, 0.25) is 0 Å². The Morgan fingerprint density at radius 3 is 2.50 bits per heavy atom. The molecule has 0 fully saturated rings. The number of aliphatic hydroxyl groups is 1. The van der Waals surface area contributed by atoms with Crippen molar-refractivity contribution in [1.82, 2.24) is 0 Å². The van der Waals surface area contributed by atoms with Crippen LogP contribution in [0.5, 0.6) is 0 Å². The van der Waals surface area contributed by atoms with Crippen LogP contribution < -0.4 is 0 Å². The minimum atomic E-state index is -0.518. The van der Waals surface area contributed by atoms with E-state index in [1.54, 1.807) is 11.3 Å². The van der Waals surface area contributed by atoms with Crippen molar-refractivity contribution in [3.05, 3.63) is 55.7 Å². The van der Waals surface area contributed by atoms with Gasteiger partial charge >= 0.3 is 0 Å². The van der Waals surface area contributed by atoms with Crippen LogP contribution in [0.15, 0.2) is 34.1 Å². The smallest absolute Gasteiger partial charge is 0.113 e. The third kappa shape index (κ3) is 2.37. The van der Waals surface area contributed by atoms with Gasteiger partial charge in [0.15, 0.2) is 0 Å². The normalized spacial score (nSPS) is 12.8. The summed E-state index contributed by atoms with van der Waals surface area (Å²) in [5.74, 6) is 0. The predicted octanol–water partition coefficient (Wildman–Crippen LogP) is 4.21. The van der Waals surface area contributed by atoms with Crippen molar-refractivity contribution in [2.75, 3.05) is 0 Å². The first-order valence-corrected chi connectivity index (χ1v) is 6.74. The van der Waals surface area contributed by atoms with Gasteiger partial charge < -0.3 is 5.11 Å². The van der Waals surface area contributed by atoms with Crippen LogP contribution >= 0.6 is 27.3 Å². The Balaban J connectivity index is 2.33. The molecule has 0 radical (unpaired) electrons. The molecule has 1 heterocycles. The van der Waals surface area contributed by atoms with Crippen LogP contribution in [-0.2, 0) is 0 Å². The van der Waals surface area contributed by atoms with Gasteiger partial charge in [-0.1, -0.05) is 18.2 Å². The lowest BCUT2D eigenvalue weighted by Gasteiger charge is -2.10. The highest BCUT2D eigenvalue weighted by Gasteiger charge is 2.12. The zero-order chi connectivity index (χ0) is 11.7. The Morgan fingerprint density at radius 1 is 1.19 bits per heavy atom. The lowest BCUT2D eigenvalue weighted by atomic mass is 10.0. The maximum Gasteiger partial charge on any atom is 0.113 e. The average Bonchev–Trinajstić information content (AvgIpc) is 2.68. The van der Waals surface area contributed by atoms with Crippen molar-refractivity contribution in [2.24, 2.45) is 0 Å². The van der Waals surface area contributed by atoms with Crippen LogP contribution in [0, 0.1) is 13.8 Å². The molecule has 0 amide bonds. The molecule has 1 aromatic carbocycles. The Labute approximate surface area is 108 Å². The molecule has 0 bridgehead atoms. The molecule has 1 N–H and O–H groups in total. The topological polar surface area (TPSA) is 20.2 Å². The molecule has 2 rings (SSSR count). The SMILES string of the molecule is Cc1ccc(C(O)c2cc(Br)cs2)cc1C. The Hall–Kier alpha value is -0.640. The lowest BCUT2D eigenvalue weighted by molar-refractivity contribution is 0.224. The van der Waals surface area contributed by atoms with E-state index >= 15 is 0 Å². The fraction of sp³-hybridized carbons (Fsp3) is 0.231. The van der Waals surface area contributed by atoms with Crippen molar-refractivity contribution >= 4 is 27.3 Å². The molecule has 0 aliphatic rings. The fourth-order valence-corrected chi connectivity index (χ4v) is 3.03. The fourth-order valence-electron chi connectivity index (χ4n) is 1.57. The minimum Gasteiger partial charge on any atom is -0.383 e. The number of hydrogen-bond donors (Lipinski definition) is 1. The summed E-state index contributed by atoms with van der Waals surface area (Å²) in [6.07, 6.45) is -0.518. The van der Waals surface area contributed by atoms with Gasteiger partial charge in [-0.2, -0.15) is 0 Å². The first-order chi connectivity index (χ1) is 7.58. The van der Waals surface area contributed by atoms with Crippen molar-refractivity contribution in [3.63, 3.8) is 0 Å². The largest absolute Gasteiger partial charge is 0.383 e. The van der Waals surface area contributed by atoms with Gasteiger partial charge in [-0.25, -0.2) is 0 Å². The summed E-state index contributed by atoms with van der Waals surface area (Å²) in [5, 5.41) is 12.2. The summed E-state index contributed by atoms with van der Waals surface area (Å²) >= 11 is 4.96. The molecule has 0 aliphatic carbocycles. The van der Waals surface area contributed by atoms with Crippen LogP contribution in [0.2, 0.25) is 0 Å². The molecule has 0 saturated heterocycles.